The second kappa shape index (κ2) is 5.30. The fourth-order valence-electron chi connectivity index (χ4n) is 2.46. The predicted octanol–water partition coefficient (Wildman–Crippen LogP) is 1.95. The summed E-state index contributed by atoms with van der Waals surface area (Å²) in [5, 5.41) is 0. The third kappa shape index (κ3) is 2.48. The van der Waals surface area contributed by atoms with Crippen LogP contribution >= 0.6 is 22.6 Å². The maximum Gasteiger partial charge on any atom is 0.138 e. The average Bonchev–Trinajstić information content (AvgIpc) is 2.32. The van der Waals surface area contributed by atoms with Crippen molar-refractivity contribution in [3.63, 3.8) is 0 Å². The molecule has 3 rings (SSSR count). The number of ether oxygens (including phenoxy) is 1. The lowest BCUT2D eigenvalue weighted by atomic mass is 10.1. The van der Waals surface area contributed by atoms with Gasteiger partial charge in [-0.3, -0.25) is 4.90 Å². The van der Waals surface area contributed by atoms with E-state index in [2.05, 4.69) is 9.80 Å². The van der Waals surface area contributed by atoms with Gasteiger partial charge in [0, 0.05) is 35.4 Å². The Morgan fingerprint density at radius 3 is 2.44 bits per heavy atom. The second-order valence-electron chi connectivity index (χ2n) is 4.81. The molecule has 2 saturated heterocycles. The van der Waals surface area contributed by atoms with Crippen LogP contribution in [0.1, 0.15) is 0 Å². The molecule has 0 unspecified atom stereocenters. The third-order valence-electron chi connectivity index (χ3n) is 3.72. The van der Waals surface area contributed by atoms with Gasteiger partial charge in [-0.15, -0.1) is 0 Å². The molecule has 0 N–H and O–H groups in total. The molecule has 2 fully saturated rings. The summed E-state index contributed by atoms with van der Waals surface area (Å²) in [6.45, 7) is 5.77. The first-order chi connectivity index (χ1) is 8.74. The molecule has 2 aliphatic rings. The van der Waals surface area contributed by atoms with E-state index in [4.69, 9.17) is 4.74 Å². The Morgan fingerprint density at radius 2 is 1.89 bits per heavy atom. The molecular weight excluding hydrogens is 346 g/mol. The highest BCUT2D eigenvalue weighted by atomic mass is 127. The van der Waals surface area contributed by atoms with Crippen molar-refractivity contribution in [3.8, 4) is 0 Å². The van der Waals surface area contributed by atoms with Crippen molar-refractivity contribution in [3.05, 3.63) is 27.6 Å². The molecule has 1 aromatic carbocycles. The molecule has 0 aliphatic carbocycles. The van der Waals surface area contributed by atoms with E-state index in [1.807, 2.05) is 34.7 Å². The van der Waals surface area contributed by atoms with Crippen LogP contribution in [0.4, 0.5) is 10.1 Å². The molecule has 1 aromatic rings. The minimum Gasteiger partial charge on any atom is -0.378 e. The molecule has 2 heterocycles. The van der Waals surface area contributed by atoms with Crippen molar-refractivity contribution >= 4 is 28.3 Å². The monoisotopic (exact) mass is 362 g/mol. The van der Waals surface area contributed by atoms with Crippen LogP contribution in [0, 0.1) is 9.39 Å². The standard InChI is InChI=1S/C13H16FIN2O/c14-12-7-10(1-2-13(12)15)16-3-5-17(6-4-16)11-8-18-9-11/h1-2,7,11H,3-6,8-9H2. The minimum atomic E-state index is -0.122. The summed E-state index contributed by atoms with van der Waals surface area (Å²) in [7, 11) is 0. The van der Waals surface area contributed by atoms with Crippen LogP contribution < -0.4 is 4.90 Å². The number of anilines is 1. The Morgan fingerprint density at radius 1 is 1.17 bits per heavy atom. The third-order valence-corrected chi connectivity index (χ3v) is 4.59. The molecule has 0 radical (unpaired) electrons. The van der Waals surface area contributed by atoms with Gasteiger partial charge in [-0.25, -0.2) is 4.39 Å². The lowest BCUT2D eigenvalue weighted by molar-refractivity contribution is -0.0660. The highest BCUT2D eigenvalue weighted by molar-refractivity contribution is 14.1. The van der Waals surface area contributed by atoms with Gasteiger partial charge in [-0.2, -0.15) is 0 Å². The van der Waals surface area contributed by atoms with E-state index >= 15 is 0 Å². The number of hydrogen-bond acceptors (Lipinski definition) is 3. The number of halogens is 2. The van der Waals surface area contributed by atoms with E-state index in [0.717, 1.165) is 45.1 Å². The van der Waals surface area contributed by atoms with E-state index < -0.39 is 0 Å². The summed E-state index contributed by atoms with van der Waals surface area (Å²) in [6.07, 6.45) is 0. The number of piperazine rings is 1. The van der Waals surface area contributed by atoms with Gasteiger partial charge in [0.2, 0.25) is 0 Å². The fraction of sp³-hybridized carbons (Fsp3) is 0.538. The highest BCUT2D eigenvalue weighted by Gasteiger charge is 2.28. The van der Waals surface area contributed by atoms with Crippen LogP contribution in [0.3, 0.4) is 0 Å². The van der Waals surface area contributed by atoms with Crippen LogP contribution in [0.2, 0.25) is 0 Å². The lowest BCUT2D eigenvalue weighted by Gasteiger charge is -2.43. The highest BCUT2D eigenvalue weighted by Crippen LogP contribution is 2.22. The average molecular weight is 362 g/mol. The molecule has 18 heavy (non-hydrogen) atoms. The van der Waals surface area contributed by atoms with Crippen LogP contribution in [0.15, 0.2) is 18.2 Å². The molecule has 0 bridgehead atoms. The van der Waals surface area contributed by atoms with Crippen molar-refractivity contribution in [2.75, 3.05) is 44.3 Å². The Kier molecular flexibility index (Phi) is 3.72. The maximum atomic E-state index is 13.5. The quantitative estimate of drug-likeness (QED) is 0.749. The summed E-state index contributed by atoms with van der Waals surface area (Å²) < 4.78 is 19.4. The normalized spacial score (nSPS) is 22.0. The van der Waals surface area contributed by atoms with E-state index in [1.54, 1.807) is 6.07 Å². The van der Waals surface area contributed by atoms with Crippen molar-refractivity contribution < 1.29 is 9.13 Å². The zero-order chi connectivity index (χ0) is 12.5. The van der Waals surface area contributed by atoms with E-state index in [0.29, 0.717) is 9.61 Å². The molecule has 0 aromatic heterocycles. The van der Waals surface area contributed by atoms with E-state index in [-0.39, 0.29) is 5.82 Å². The molecule has 0 atom stereocenters. The number of hydrogen-bond donors (Lipinski definition) is 0. The summed E-state index contributed by atoms with van der Waals surface area (Å²) in [5.41, 5.74) is 0.998. The van der Waals surface area contributed by atoms with E-state index in [9.17, 15) is 4.39 Å². The molecule has 5 heteroatoms. The molecule has 3 nitrogen and oxygen atoms in total. The van der Waals surface area contributed by atoms with Gasteiger partial charge in [-0.05, 0) is 40.8 Å². The van der Waals surface area contributed by atoms with Gasteiger partial charge in [0.1, 0.15) is 5.82 Å². The SMILES string of the molecule is Fc1cc(N2CCN(C3COC3)CC2)ccc1I. The van der Waals surface area contributed by atoms with Gasteiger partial charge in [-0.1, -0.05) is 0 Å². The minimum absolute atomic E-state index is 0.122. The Labute approximate surface area is 120 Å². The van der Waals surface area contributed by atoms with E-state index in [1.165, 1.54) is 0 Å². The summed E-state index contributed by atoms with van der Waals surface area (Å²) in [4.78, 5) is 4.73. The van der Waals surface area contributed by atoms with Crippen molar-refractivity contribution in [1.82, 2.24) is 4.90 Å². The largest absolute Gasteiger partial charge is 0.378 e. The predicted molar refractivity (Wildman–Crippen MR) is 77.5 cm³/mol. The maximum absolute atomic E-state index is 13.5. The zero-order valence-corrected chi connectivity index (χ0v) is 12.3. The van der Waals surface area contributed by atoms with Crippen LogP contribution in [0.25, 0.3) is 0 Å². The first kappa shape index (κ1) is 12.6. The van der Waals surface area contributed by atoms with Gasteiger partial charge < -0.3 is 9.64 Å². The first-order valence-electron chi connectivity index (χ1n) is 6.26. The summed E-state index contributed by atoms with van der Waals surface area (Å²) in [6, 6.07) is 6.11. The number of benzene rings is 1. The molecular formula is C13H16FIN2O. The molecule has 0 saturated carbocycles. The molecule has 2 aliphatic heterocycles. The second-order valence-corrected chi connectivity index (χ2v) is 5.97. The number of nitrogens with zero attached hydrogens (tertiary/aromatic N) is 2. The molecule has 0 amide bonds. The topological polar surface area (TPSA) is 15.7 Å². The first-order valence-corrected chi connectivity index (χ1v) is 7.34. The lowest BCUT2D eigenvalue weighted by Crippen LogP contribution is -2.56. The molecule has 0 spiro atoms. The van der Waals surface area contributed by atoms with Gasteiger partial charge in [0.15, 0.2) is 0 Å². The van der Waals surface area contributed by atoms with Crippen molar-refractivity contribution in [1.29, 1.82) is 0 Å². The zero-order valence-electron chi connectivity index (χ0n) is 10.1. The van der Waals surface area contributed by atoms with Crippen molar-refractivity contribution in [2.45, 2.75) is 6.04 Å². The van der Waals surface area contributed by atoms with Crippen molar-refractivity contribution in [2.24, 2.45) is 0 Å². The summed E-state index contributed by atoms with van der Waals surface area (Å²) >= 11 is 2.02. The Bertz CT molecular complexity index is 431. The smallest absolute Gasteiger partial charge is 0.138 e. The van der Waals surface area contributed by atoms with Gasteiger partial charge >= 0.3 is 0 Å². The molecule has 98 valence electrons. The van der Waals surface area contributed by atoms with Gasteiger partial charge in [0.05, 0.1) is 19.3 Å². The van der Waals surface area contributed by atoms with Gasteiger partial charge in [0.25, 0.3) is 0 Å². The van der Waals surface area contributed by atoms with Crippen LogP contribution in [0.5, 0.6) is 0 Å². The summed E-state index contributed by atoms with van der Waals surface area (Å²) in [5.74, 6) is -0.122. The Hall–Kier alpha value is -0.400. The Balaban J connectivity index is 1.62. The van der Waals surface area contributed by atoms with Crippen LogP contribution in [-0.2, 0) is 4.74 Å². The van der Waals surface area contributed by atoms with Crippen LogP contribution in [-0.4, -0.2) is 50.3 Å². The number of rotatable bonds is 2. The fourth-order valence-corrected chi connectivity index (χ4v) is 2.80.